The van der Waals surface area contributed by atoms with Gasteiger partial charge >= 0.3 is 0 Å². The van der Waals surface area contributed by atoms with Crippen molar-refractivity contribution in [3.8, 4) is 0 Å². The smallest absolute Gasteiger partial charge is 0.0625 e. The second-order valence-corrected chi connectivity index (χ2v) is 5.82. The zero-order valence-corrected chi connectivity index (χ0v) is 11.6. The van der Waals surface area contributed by atoms with Crippen LogP contribution in [-0.4, -0.2) is 24.0 Å². The van der Waals surface area contributed by atoms with Crippen molar-refractivity contribution in [3.05, 3.63) is 65.7 Å². The first-order chi connectivity index (χ1) is 9.93. The molecule has 4 rings (SSSR count). The van der Waals surface area contributed by atoms with Crippen molar-refractivity contribution in [1.29, 1.82) is 0 Å². The Labute approximate surface area is 120 Å². The molecule has 1 N–H and O–H groups in total. The van der Waals surface area contributed by atoms with E-state index in [0.29, 0.717) is 12.1 Å². The first-order valence-electron chi connectivity index (χ1n) is 7.57. The Kier molecular flexibility index (Phi) is 2.96. The number of nitrogens with one attached hydrogen (secondary N) is 1. The van der Waals surface area contributed by atoms with Gasteiger partial charge in [0.05, 0.1) is 6.04 Å². The summed E-state index contributed by atoms with van der Waals surface area (Å²) in [5.41, 5.74) is 4.13. The van der Waals surface area contributed by atoms with Crippen LogP contribution in [0.3, 0.4) is 0 Å². The Morgan fingerprint density at radius 1 is 0.950 bits per heavy atom. The monoisotopic (exact) mass is 264 g/mol. The fourth-order valence-corrected chi connectivity index (χ4v) is 3.73. The maximum atomic E-state index is 3.65. The molecule has 0 aliphatic carbocycles. The molecule has 0 spiro atoms. The van der Waals surface area contributed by atoms with E-state index in [1.54, 1.807) is 0 Å². The van der Waals surface area contributed by atoms with Gasteiger partial charge in [0.1, 0.15) is 0 Å². The summed E-state index contributed by atoms with van der Waals surface area (Å²) < 4.78 is 0. The largest absolute Gasteiger partial charge is 0.383 e. The van der Waals surface area contributed by atoms with Crippen molar-refractivity contribution >= 4 is 5.69 Å². The molecule has 2 heteroatoms. The van der Waals surface area contributed by atoms with Gasteiger partial charge in [-0.3, -0.25) is 4.90 Å². The number of rotatable bonds is 1. The van der Waals surface area contributed by atoms with Crippen LogP contribution in [0.15, 0.2) is 54.6 Å². The third kappa shape index (κ3) is 1.92. The molecule has 0 unspecified atom stereocenters. The van der Waals surface area contributed by atoms with E-state index in [2.05, 4.69) is 64.8 Å². The van der Waals surface area contributed by atoms with Gasteiger partial charge in [0.2, 0.25) is 0 Å². The molecule has 1 saturated heterocycles. The topological polar surface area (TPSA) is 15.3 Å². The molecule has 2 aromatic rings. The summed E-state index contributed by atoms with van der Waals surface area (Å²) in [4.78, 5) is 2.69. The maximum absolute atomic E-state index is 3.65. The van der Waals surface area contributed by atoms with Gasteiger partial charge in [0.15, 0.2) is 0 Å². The molecule has 0 aromatic heterocycles. The minimum Gasteiger partial charge on any atom is -0.383 e. The Morgan fingerprint density at radius 2 is 1.75 bits per heavy atom. The molecule has 2 heterocycles. The lowest BCUT2D eigenvalue weighted by atomic mass is 9.96. The number of para-hydroxylation sites is 1. The van der Waals surface area contributed by atoms with Crippen LogP contribution < -0.4 is 5.32 Å². The van der Waals surface area contributed by atoms with E-state index < -0.39 is 0 Å². The third-order valence-corrected chi connectivity index (χ3v) is 4.65. The Morgan fingerprint density at radius 3 is 2.65 bits per heavy atom. The molecule has 2 nitrogen and oxygen atoms in total. The van der Waals surface area contributed by atoms with Gasteiger partial charge in [-0.25, -0.2) is 0 Å². The number of hydrogen-bond acceptors (Lipinski definition) is 2. The normalized spacial score (nSPS) is 25.4. The van der Waals surface area contributed by atoms with E-state index >= 15 is 0 Å². The minimum atomic E-state index is 0.398. The van der Waals surface area contributed by atoms with Crippen LogP contribution in [0, 0.1) is 0 Å². The highest BCUT2D eigenvalue weighted by Crippen LogP contribution is 2.39. The summed E-state index contributed by atoms with van der Waals surface area (Å²) in [7, 11) is 0. The number of benzene rings is 2. The van der Waals surface area contributed by atoms with Crippen LogP contribution in [0.4, 0.5) is 5.69 Å². The van der Waals surface area contributed by atoms with E-state index in [0.717, 1.165) is 6.54 Å². The van der Waals surface area contributed by atoms with Crippen LogP contribution in [0.25, 0.3) is 0 Å². The van der Waals surface area contributed by atoms with Crippen LogP contribution in [-0.2, 0) is 0 Å². The molecule has 102 valence electrons. The molecular formula is C18H20N2. The minimum absolute atomic E-state index is 0.398. The van der Waals surface area contributed by atoms with Crippen molar-refractivity contribution in [2.45, 2.75) is 24.9 Å². The van der Waals surface area contributed by atoms with Crippen LogP contribution in [0.1, 0.15) is 30.0 Å². The summed E-state index contributed by atoms with van der Waals surface area (Å²) >= 11 is 0. The highest BCUT2D eigenvalue weighted by Gasteiger charge is 2.35. The number of nitrogens with zero attached hydrogens (tertiary/aromatic N) is 1. The molecule has 0 bridgehead atoms. The van der Waals surface area contributed by atoms with Crippen molar-refractivity contribution in [2.24, 2.45) is 0 Å². The van der Waals surface area contributed by atoms with E-state index in [-0.39, 0.29) is 0 Å². The molecule has 2 aliphatic rings. The van der Waals surface area contributed by atoms with Gasteiger partial charge in [-0.15, -0.1) is 0 Å². The van der Waals surface area contributed by atoms with Gasteiger partial charge in [-0.1, -0.05) is 48.5 Å². The quantitative estimate of drug-likeness (QED) is 0.845. The van der Waals surface area contributed by atoms with Gasteiger partial charge in [-0.05, 0) is 36.6 Å². The van der Waals surface area contributed by atoms with E-state index in [4.69, 9.17) is 0 Å². The van der Waals surface area contributed by atoms with Crippen molar-refractivity contribution in [1.82, 2.24) is 4.90 Å². The molecule has 20 heavy (non-hydrogen) atoms. The summed E-state index contributed by atoms with van der Waals surface area (Å²) in [6.07, 6.45) is 2.63. The molecular weight excluding hydrogens is 244 g/mol. The van der Waals surface area contributed by atoms with Crippen LogP contribution in [0.2, 0.25) is 0 Å². The standard InChI is InChI=1S/C18H20N2/c1-2-7-14(8-3-1)18-16-10-4-5-11-17(16)19-13-15-9-6-12-20(15)18/h1-5,7-8,10-11,15,18-19H,6,9,12-13H2/t15-,18+/m0/s1. The number of anilines is 1. The Balaban J connectivity index is 1.86. The summed E-state index contributed by atoms with van der Waals surface area (Å²) in [6.45, 7) is 2.28. The summed E-state index contributed by atoms with van der Waals surface area (Å²) in [5.74, 6) is 0. The molecule has 0 radical (unpaired) electrons. The zero-order chi connectivity index (χ0) is 13.4. The predicted octanol–water partition coefficient (Wildman–Crippen LogP) is 3.67. The van der Waals surface area contributed by atoms with Gasteiger partial charge in [0.25, 0.3) is 0 Å². The second-order valence-electron chi connectivity index (χ2n) is 5.82. The molecule has 2 atom stereocenters. The van der Waals surface area contributed by atoms with E-state index in [1.807, 2.05) is 0 Å². The number of hydrogen-bond donors (Lipinski definition) is 1. The average Bonchev–Trinajstić information content (AvgIpc) is 2.90. The first kappa shape index (κ1) is 12.0. The SMILES string of the molecule is c1ccc([C@@H]2c3ccccc3NC[C@@H]3CCCN32)cc1. The van der Waals surface area contributed by atoms with Gasteiger partial charge in [0, 0.05) is 18.3 Å². The predicted molar refractivity (Wildman–Crippen MR) is 82.9 cm³/mol. The molecule has 0 saturated carbocycles. The average molecular weight is 264 g/mol. The molecule has 0 amide bonds. The second kappa shape index (κ2) is 4.95. The van der Waals surface area contributed by atoms with Crippen LogP contribution >= 0.6 is 0 Å². The Hall–Kier alpha value is -1.80. The highest BCUT2D eigenvalue weighted by atomic mass is 15.2. The zero-order valence-electron chi connectivity index (χ0n) is 11.6. The summed E-state index contributed by atoms with van der Waals surface area (Å²) in [5, 5.41) is 3.65. The van der Waals surface area contributed by atoms with Gasteiger partial charge < -0.3 is 5.32 Å². The lowest BCUT2D eigenvalue weighted by Gasteiger charge is -2.31. The summed E-state index contributed by atoms with van der Waals surface area (Å²) in [6, 6.07) is 20.8. The van der Waals surface area contributed by atoms with Crippen molar-refractivity contribution in [2.75, 3.05) is 18.4 Å². The lowest BCUT2D eigenvalue weighted by Crippen LogP contribution is -2.35. The fraction of sp³-hybridized carbons (Fsp3) is 0.333. The molecule has 1 fully saturated rings. The fourth-order valence-electron chi connectivity index (χ4n) is 3.73. The Bertz CT molecular complexity index is 593. The van der Waals surface area contributed by atoms with E-state index in [9.17, 15) is 0 Å². The first-order valence-corrected chi connectivity index (χ1v) is 7.57. The third-order valence-electron chi connectivity index (χ3n) is 4.65. The van der Waals surface area contributed by atoms with Gasteiger partial charge in [-0.2, -0.15) is 0 Å². The highest BCUT2D eigenvalue weighted by molar-refractivity contribution is 5.56. The molecule has 2 aliphatic heterocycles. The molecule has 2 aromatic carbocycles. The van der Waals surface area contributed by atoms with Crippen LogP contribution in [0.5, 0.6) is 0 Å². The number of fused-ring (bicyclic) bond motifs is 2. The van der Waals surface area contributed by atoms with E-state index in [1.165, 1.54) is 36.2 Å². The van der Waals surface area contributed by atoms with Crippen molar-refractivity contribution < 1.29 is 0 Å². The lowest BCUT2D eigenvalue weighted by molar-refractivity contribution is 0.220. The van der Waals surface area contributed by atoms with Crippen molar-refractivity contribution in [3.63, 3.8) is 0 Å². The maximum Gasteiger partial charge on any atom is 0.0625 e.